The van der Waals surface area contributed by atoms with Crippen molar-refractivity contribution < 1.29 is 13.7 Å². The van der Waals surface area contributed by atoms with E-state index in [0.29, 0.717) is 42.8 Å². The largest absolute Gasteiger partial charge is 0.493 e. The molecule has 0 amide bonds. The molecule has 0 aliphatic carbocycles. The minimum Gasteiger partial charge on any atom is -0.493 e. The highest BCUT2D eigenvalue weighted by molar-refractivity contribution is 5.44. The summed E-state index contributed by atoms with van der Waals surface area (Å²) in [5.74, 6) is 2.95. The smallest absolute Gasteiger partial charge is 0.293 e. The summed E-state index contributed by atoms with van der Waals surface area (Å²) in [7, 11) is 0. The van der Waals surface area contributed by atoms with Gasteiger partial charge in [-0.25, -0.2) is 0 Å². The molecule has 0 fully saturated rings. The molecule has 6 nitrogen and oxygen atoms in total. The van der Waals surface area contributed by atoms with Gasteiger partial charge in [0, 0.05) is 6.42 Å². The third-order valence-corrected chi connectivity index (χ3v) is 2.88. The van der Waals surface area contributed by atoms with Gasteiger partial charge >= 0.3 is 0 Å². The lowest BCUT2D eigenvalue weighted by Gasteiger charge is -2.02. The van der Waals surface area contributed by atoms with Crippen molar-refractivity contribution in [1.29, 1.82) is 0 Å². The van der Waals surface area contributed by atoms with E-state index in [1.165, 1.54) is 0 Å². The van der Waals surface area contributed by atoms with Crippen molar-refractivity contribution in [2.24, 2.45) is 5.73 Å². The van der Waals surface area contributed by atoms with Gasteiger partial charge in [0.05, 0.1) is 13.2 Å². The summed E-state index contributed by atoms with van der Waals surface area (Å²) in [6.07, 6.45) is 0.558. The Bertz CT molecular complexity index is 691. The van der Waals surface area contributed by atoms with Crippen molar-refractivity contribution in [3.8, 4) is 17.4 Å². The van der Waals surface area contributed by atoms with Gasteiger partial charge in [-0.2, -0.15) is 4.98 Å². The standard InChI is InChI=1S/C15H15N3O3/c16-10-12-6-7-13(20-12)15-17-14(18-21-15)8-9-19-11-4-2-1-3-5-11/h1-7H,8-10,16H2. The summed E-state index contributed by atoms with van der Waals surface area (Å²) in [4.78, 5) is 4.27. The van der Waals surface area contributed by atoms with Gasteiger partial charge in [0.25, 0.3) is 5.89 Å². The summed E-state index contributed by atoms with van der Waals surface area (Å²) in [5, 5.41) is 3.90. The van der Waals surface area contributed by atoms with E-state index in [0.717, 1.165) is 5.75 Å². The molecule has 0 aliphatic rings. The number of nitrogens with two attached hydrogens (primary N) is 1. The van der Waals surface area contributed by atoms with Crippen LogP contribution in [-0.2, 0) is 13.0 Å². The highest BCUT2D eigenvalue weighted by Crippen LogP contribution is 2.20. The van der Waals surface area contributed by atoms with Crippen LogP contribution < -0.4 is 10.5 Å². The zero-order valence-electron chi connectivity index (χ0n) is 11.4. The van der Waals surface area contributed by atoms with E-state index in [-0.39, 0.29) is 0 Å². The predicted molar refractivity (Wildman–Crippen MR) is 75.5 cm³/mol. The van der Waals surface area contributed by atoms with Crippen LogP contribution in [0.4, 0.5) is 0 Å². The van der Waals surface area contributed by atoms with Crippen molar-refractivity contribution in [3.63, 3.8) is 0 Å². The Balaban J connectivity index is 1.58. The summed E-state index contributed by atoms with van der Waals surface area (Å²) in [5.41, 5.74) is 5.49. The molecule has 0 bridgehead atoms. The number of hydrogen-bond acceptors (Lipinski definition) is 6. The topological polar surface area (TPSA) is 87.3 Å². The first-order valence-electron chi connectivity index (χ1n) is 6.65. The molecule has 0 atom stereocenters. The number of furan rings is 1. The van der Waals surface area contributed by atoms with Gasteiger partial charge in [0.1, 0.15) is 11.5 Å². The van der Waals surface area contributed by atoms with Crippen LogP contribution in [0.1, 0.15) is 11.6 Å². The monoisotopic (exact) mass is 285 g/mol. The fraction of sp³-hybridized carbons (Fsp3) is 0.200. The Morgan fingerprint density at radius 2 is 1.95 bits per heavy atom. The van der Waals surface area contributed by atoms with Gasteiger partial charge in [-0.3, -0.25) is 0 Å². The molecule has 108 valence electrons. The van der Waals surface area contributed by atoms with Crippen LogP contribution in [0.3, 0.4) is 0 Å². The number of rotatable bonds is 6. The molecular formula is C15H15N3O3. The van der Waals surface area contributed by atoms with E-state index in [4.69, 9.17) is 19.4 Å². The molecule has 0 saturated heterocycles. The van der Waals surface area contributed by atoms with Crippen molar-refractivity contribution >= 4 is 0 Å². The van der Waals surface area contributed by atoms with Crippen molar-refractivity contribution in [3.05, 3.63) is 54.0 Å². The van der Waals surface area contributed by atoms with E-state index < -0.39 is 0 Å². The number of hydrogen-bond donors (Lipinski definition) is 1. The van der Waals surface area contributed by atoms with E-state index in [9.17, 15) is 0 Å². The van der Waals surface area contributed by atoms with Crippen LogP contribution in [-0.4, -0.2) is 16.7 Å². The molecule has 0 unspecified atom stereocenters. The Hall–Kier alpha value is -2.60. The Labute approximate surface area is 121 Å². The minimum atomic E-state index is 0.339. The maximum absolute atomic E-state index is 5.58. The molecule has 0 radical (unpaired) electrons. The van der Waals surface area contributed by atoms with Crippen LogP contribution in [0.2, 0.25) is 0 Å². The average Bonchev–Trinajstić information content (AvgIpc) is 3.17. The van der Waals surface area contributed by atoms with E-state index in [1.807, 2.05) is 30.3 Å². The first-order valence-corrected chi connectivity index (χ1v) is 6.65. The van der Waals surface area contributed by atoms with Crippen LogP contribution >= 0.6 is 0 Å². The lowest BCUT2D eigenvalue weighted by Crippen LogP contribution is -2.02. The SMILES string of the molecule is NCc1ccc(-c2nc(CCOc3ccccc3)no2)o1. The molecule has 6 heteroatoms. The van der Waals surface area contributed by atoms with Gasteiger partial charge in [0.15, 0.2) is 11.6 Å². The maximum Gasteiger partial charge on any atom is 0.293 e. The highest BCUT2D eigenvalue weighted by atomic mass is 16.5. The Morgan fingerprint density at radius 1 is 1.10 bits per heavy atom. The quantitative estimate of drug-likeness (QED) is 0.748. The molecule has 0 saturated carbocycles. The first-order chi connectivity index (χ1) is 10.3. The molecule has 2 heterocycles. The van der Waals surface area contributed by atoms with Crippen molar-refractivity contribution in [1.82, 2.24) is 10.1 Å². The fourth-order valence-corrected chi connectivity index (χ4v) is 1.84. The number of para-hydroxylation sites is 1. The summed E-state index contributed by atoms with van der Waals surface area (Å²) in [6.45, 7) is 0.821. The van der Waals surface area contributed by atoms with Gasteiger partial charge < -0.3 is 19.4 Å². The molecule has 2 aromatic heterocycles. The third-order valence-electron chi connectivity index (χ3n) is 2.88. The Kier molecular flexibility index (Phi) is 3.97. The summed E-state index contributed by atoms with van der Waals surface area (Å²) < 4.78 is 16.2. The molecular weight excluding hydrogens is 270 g/mol. The third kappa shape index (κ3) is 3.29. The highest BCUT2D eigenvalue weighted by Gasteiger charge is 2.12. The zero-order chi connectivity index (χ0) is 14.5. The lowest BCUT2D eigenvalue weighted by molar-refractivity contribution is 0.315. The second-order valence-electron chi connectivity index (χ2n) is 4.40. The zero-order valence-corrected chi connectivity index (χ0v) is 11.4. The second-order valence-corrected chi connectivity index (χ2v) is 4.40. The maximum atomic E-state index is 5.58. The number of benzene rings is 1. The lowest BCUT2D eigenvalue weighted by atomic mass is 10.3. The Morgan fingerprint density at radius 3 is 2.71 bits per heavy atom. The average molecular weight is 285 g/mol. The van der Waals surface area contributed by atoms with E-state index in [2.05, 4.69) is 10.1 Å². The molecule has 0 aliphatic heterocycles. The van der Waals surface area contributed by atoms with Crippen LogP contribution in [0.5, 0.6) is 5.75 Å². The van der Waals surface area contributed by atoms with E-state index >= 15 is 0 Å². The summed E-state index contributed by atoms with van der Waals surface area (Å²) in [6, 6.07) is 13.1. The van der Waals surface area contributed by atoms with Gasteiger partial charge in [0.2, 0.25) is 0 Å². The predicted octanol–water partition coefficient (Wildman–Crippen LogP) is 2.41. The number of ether oxygens (including phenoxy) is 1. The second kappa shape index (κ2) is 6.23. The summed E-state index contributed by atoms with van der Waals surface area (Å²) >= 11 is 0. The van der Waals surface area contributed by atoms with Crippen LogP contribution in [0, 0.1) is 0 Å². The van der Waals surface area contributed by atoms with Gasteiger partial charge in [-0.1, -0.05) is 23.4 Å². The van der Waals surface area contributed by atoms with Gasteiger partial charge in [-0.05, 0) is 24.3 Å². The van der Waals surface area contributed by atoms with Crippen molar-refractivity contribution in [2.75, 3.05) is 6.61 Å². The van der Waals surface area contributed by atoms with Crippen LogP contribution in [0.15, 0.2) is 51.4 Å². The van der Waals surface area contributed by atoms with Gasteiger partial charge in [-0.15, -0.1) is 0 Å². The van der Waals surface area contributed by atoms with Crippen molar-refractivity contribution in [2.45, 2.75) is 13.0 Å². The molecule has 1 aromatic carbocycles. The molecule has 0 spiro atoms. The van der Waals surface area contributed by atoms with E-state index in [1.54, 1.807) is 12.1 Å². The number of nitrogens with zero attached hydrogens (tertiary/aromatic N) is 2. The fourth-order valence-electron chi connectivity index (χ4n) is 1.84. The van der Waals surface area contributed by atoms with Crippen LogP contribution in [0.25, 0.3) is 11.7 Å². The molecule has 3 aromatic rings. The molecule has 2 N–H and O–H groups in total. The normalized spacial score (nSPS) is 10.7. The molecule has 3 rings (SSSR count). The first kappa shape index (κ1) is 13.4. The number of aromatic nitrogens is 2. The molecule has 21 heavy (non-hydrogen) atoms. The minimum absolute atomic E-state index is 0.339.